The number of hydrogen-bond donors (Lipinski definition) is 0. The molecule has 0 N–H and O–H groups in total. The van der Waals surface area contributed by atoms with Crippen molar-refractivity contribution in [3.05, 3.63) is 148 Å². The Morgan fingerprint density at radius 1 is 0.600 bits per heavy atom. The van der Waals surface area contributed by atoms with Gasteiger partial charge in [-0.2, -0.15) is 0 Å². The summed E-state index contributed by atoms with van der Waals surface area (Å²) in [6, 6.07) is 25.6. The third-order valence-corrected chi connectivity index (χ3v) is 9.81. The van der Waals surface area contributed by atoms with Crippen LogP contribution in [0.4, 0.5) is 14.8 Å². The molecule has 0 aliphatic carbocycles. The minimum atomic E-state index is -0.659. The van der Waals surface area contributed by atoms with E-state index in [9.17, 15) is 24.0 Å². The zero-order chi connectivity index (χ0) is 30.8. The van der Waals surface area contributed by atoms with Crippen molar-refractivity contribution in [3.63, 3.8) is 0 Å². The zero-order valence-corrected chi connectivity index (χ0v) is 24.6. The molecular formula is C34H17N3O6S2. The first-order valence-electron chi connectivity index (χ1n) is 13.7. The van der Waals surface area contributed by atoms with E-state index >= 15 is 0 Å². The van der Waals surface area contributed by atoms with Gasteiger partial charge in [-0.3, -0.25) is 19.2 Å². The molecule has 0 bridgehead atoms. The van der Waals surface area contributed by atoms with Crippen LogP contribution in [0.25, 0.3) is 42.0 Å². The molecule has 45 heavy (non-hydrogen) atoms. The molecule has 0 spiro atoms. The Bertz CT molecular complexity index is 2560. The summed E-state index contributed by atoms with van der Waals surface area (Å²) in [4.78, 5) is 74.4. The summed E-state index contributed by atoms with van der Waals surface area (Å²) >= 11 is 2.41. The average Bonchev–Trinajstić information content (AvgIpc) is 3.83. The van der Waals surface area contributed by atoms with Crippen LogP contribution in [0.15, 0.2) is 120 Å². The quantitative estimate of drug-likeness (QED) is 0.269. The fourth-order valence-corrected chi connectivity index (χ4v) is 7.70. The summed E-state index contributed by atoms with van der Waals surface area (Å²) < 4.78 is 8.36. The molecule has 8 aromatic rings. The van der Waals surface area contributed by atoms with Crippen molar-refractivity contribution in [3.8, 4) is 0 Å². The predicted octanol–water partition coefficient (Wildman–Crippen LogP) is 5.07. The highest BCUT2D eigenvalue weighted by Crippen LogP contribution is 2.44. The van der Waals surface area contributed by atoms with Gasteiger partial charge < -0.3 is 4.74 Å². The van der Waals surface area contributed by atoms with Gasteiger partial charge in [0.15, 0.2) is 10.7 Å². The maximum atomic E-state index is 13.6. The molecule has 0 unspecified atom stereocenters. The number of fused-ring (bicyclic) bond motifs is 5. The first-order chi connectivity index (χ1) is 21.9. The van der Waals surface area contributed by atoms with E-state index in [4.69, 9.17) is 4.74 Å². The van der Waals surface area contributed by atoms with Gasteiger partial charge in [-0.1, -0.05) is 78.9 Å². The lowest BCUT2D eigenvalue weighted by Crippen LogP contribution is -2.31. The van der Waals surface area contributed by atoms with E-state index in [1.54, 1.807) is 60.7 Å². The van der Waals surface area contributed by atoms with Crippen molar-refractivity contribution in [2.24, 2.45) is 9.98 Å². The van der Waals surface area contributed by atoms with E-state index in [0.717, 1.165) is 5.56 Å². The molecule has 0 saturated heterocycles. The predicted molar refractivity (Wildman–Crippen MR) is 175 cm³/mol. The molecule has 11 heteroatoms. The lowest BCUT2D eigenvalue weighted by Gasteiger charge is -2.07. The monoisotopic (exact) mass is 627 g/mol. The highest BCUT2D eigenvalue weighted by atomic mass is 32.1. The third kappa shape index (κ3) is 4.24. The van der Waals surface area contributed by atoms with E-state index < -0.39 is 27.8 Å². The number of aromatic nitrogens is 1. The number of carbonyl (C=O) groups excluding carboxylic acids is 1. The summed E-state index contributed by atoms with van der Waals surface area (Å²) in [6.07, 6.45) is -0.659. The number of hydrogen-bond acceptors (Lipinski definition) is 10. The number of ether oxygens (including phenoxy) is 1. The van der Waals surface area contributed by atoms with Crippen molar-refractivity contribution >= 4 is 80.7 Å². The maximum absolute atomic E-state index is 13.6. The zero-order valence-electron chi connectivity index (χ0n) is 23.0. The second-order valence-corrected chi connectivity index (χ2v) is 12.4. The Balaban J connectivity index is 1.32. The van der Waals surface area contributed by atoms with Gasteiger partial charge in [0.05, 0.1) is 20.4 Å². The van der Waals surface area contributed by atoms with Gasteiger partial charge in [0.25, 0.3) is 0 Å². The van der Waals surface area contributed by atoms with Gasteiger partial charge in [-0.15, -0.1) is 22.7 Å². The second kappa shape index (κ2) is 10.2. The molecule has 3 heterocycles. The largest absolute Gasteiger partial charge is 0.444 e. The van der Waals surface area contributed by atoms with Crippen LogP contribution in [0.1, 0.15) is 5.56 Å². The van der Waals surface area contributed by atoms with E-state index in [0.29, 0.717) is 52.0 Å². The number of nitrogens with zero attached hydrogens (tertiary/aromatic N) is 3. The van der Waals surface area contributed by atoms with Crippen LogP contribution in [-0.2, 0) is 11.3 Å². The first-order valence-corrected chi connectivity index (χ1v) is 15.4. The van der Waals surface area contributed by atoms with E-state index in [-0.39, 0.29) is 17.3 Å². The van der Waals surface area contributed by atoms with Crippen LogP contribution >= 0.6 is 22.7 Å². The molecule has 0 saturated carbocycles. The van der Waals surface area contributed by atoms with Crippen LogP contribution in [0.2, 0.25) is 0 Å². The summed E-state index contributed by atoms with van der Waals surface area (Å²) in [5, 5.41) is 1.55. The van der Waals surface area contributed by atoms with Gasteiger partial charge in [0.2, 0.25) is 21.7 Å². The molecular weight excluding hydrogens is 611 g/mol. The minimum Gasteiger partial charge on any atom is -0.444 e. The van der Waals surface area contributed by atoms with Gasteiger partial charge in [0, 0.05) is 21.5 Å². The summed E-state index contributed by atoms with van der Waals surface area (Å²) in [5.41, 5.74) is -0.0521. The molecule has 9 nitrogen and oxygen atoms in total. The van der Waals surface area contributed by atoms with Crippen molar-refractivity contribution in [2.75, 3.05) is 0 Å². The fourth-order valence-electron chi connectivity index (χ4n) is 5.51. The Morgan fingerprint density at radius 3 is 1.42 bits per heavy atom. The standard InChI is InChI=1S/C34H17N3O6S2/c38-28-18-10-4-5-11-19(18)29(39)26(28)35-24-14-22-32(44-24)33-23(37(22)34(42)43-16-17-8-2-1-3-9-17)15-25(45-33)36-27-30(40)20-12-6-7-13-21(20)31(27)41/h1-15H,16H2. The Hall–Kier alpha value is -5.65. The number of thiophene rings is 2. The van der Waals surface area contributed by atoms with E-state index in [1.165, 1.54) is 27.2 Å². The third-order valence-electron chi connectivity index (χ3n) is 7.61. The lowest BCUT2D eigenvalue weighted by atomic mass is 10.2. The molecule has 0 aliphatic heterocycles. The Kier molecular flexibility index (Phi) is 6.12. The average molecular weight is 628 g/mol. The topological polar surface area (TPSA) is 124 Å². The molecule has 3 aromatic heterocycles. The van der Waals surface area contributed by atoms with Crippen LogP contribution in [0, 0.1) is 0 Å². The van der Waals surface area contributed by atoms with Gasteiger partial charge in [-0.05, 0) is 17.7 Å². The Morgan fingerprint density at radius 2 is 1.00 bits per heavy atom. The van der Waals surface area contributed by atoms with Crippen LogP contribution in [0.5, 0.6) is 0 Å². The molecule has 216 valence electrons. The van der Waals surface area contributed by atoms with Gasteiger partial charge in [-0.25, -0.2) is 19.3 Å². The van der Waals surface area contributed by atoms with Crippen molar-refractivity contribution in [1.82, 2.24) is 4.57 Å². The van der Waals surface area contributed by atoms with Crippen molar-refractivity contribution < 1.29 is 9.53 Å². The summed E-state index contributed by atoms with van der Waals surface area (Å²) in [5.74, 6) is 0. The minimum absolute atomic E-state index is 0.0297. The summed E-state index contributed by atoms with van der Waals surface area (Å²) in [6.45, 7) is 0.0297. The van der Waals surface area contributed by atoms with Crippen LogP contribution in [-0.4, -0.2) is 10.7 Å². The van der Waals surface area contributed by atoms with Gasteiger partial charge >= 0.3 is 6.09 Å². The molecule has 0 atom stereocenters. The summed E-state index contributed by atoms with van der Waals surface area (Å²) in [7, 11) is 0. The number of benzene rings is 3. The number of rotatable bonds is 4. The van der Waals surface area contributed by atoms with E-state index in [2.05, 4.69) is 9.98 Å². The molecule has 5 aromatic carbocycles. The maximum Gasteiger partial charge on any atom is 0.419 e. The fraction of sp³-hybridized carbons (Fsp3) is 0.0294. The highest BCUT2D eigenvalue weighted by Gasteiger charge is 2.23. The highest BCUT2D eigenvalue weighted by molar-refractivity contribution is 7.30. The smallest absolute Gasteiger partial charge is 0.419 e. The molecule has 0 radical (unpaired) electrons. The first kappa shape index (κ1) is 26.9. The molecule has 0 fully saturated rings. The van der Waals surface area contributed by atoms with Crippen LogP contribution < -0.4 is 32.4 Å². The van der Waals surface area contributed by atoms with Gasteiger partial charge in [0.1, 0.15) is 16.6 Å². The Labute approximate surface area is 258 Å². The molecule has 0 aliphatic rings. The molecule has 0 amide bonds. The molecule has 8 rings (SSSR count). The van der Waals surface area contributed by atoms with Crippen molar-refractivity contribution in [1.29, 1.82) is 0 Å². The SMILES string of the molecule is O=C(OCc1ccccc1)n1c2cc(N=c3c(=O)c4ccccc4c3=O)sc2c2sc(N=c3c(=O)c4ccccc4c3=O)cc21. The lowest BCUT2D eigenvalue weighted by molar-refractivity contribution is 0.143. The van der Waals surface area contributed by atoms with Crippen molar-refractivity contribution in [2.45, 2.75) is 6.61 Å². The van der Waals surface area contributed by atoms with Crippen LogP contribution in [0.3, 0.4) is 0 Å². The van der Waals surface area contributed by atoms with E-state index in [1.807, 2.05) is 30.3 Å². The number of carbonyl (C=O) groups is 1. The normalized spacial score (nSPS) is 11.6. The second-order valence-electron chi connectivity index (χ2n) is 10.3.